The molecule has 2 aromatic carbocycles. The molecule has 24 heavy (non-hydrogen) atoms. The number of nitrogens with zero attached hydrogens (tertiary/aromatic N) is 2. The maximum atomic E-state index is 13.3. The first-order valence-corrected chi connectivity index (χ1v) is 7.64. The van der Waals surface area contributed by atoms with Crippen molar-refractivity contribution in [2.45, 2.75) is 13.3 Å². The molecule has 0 saturated heterocycles. The quantitative estimate of drug-likeness (QED) is 0.787. The number of halogens is 1. The van der Waals surface area contributed by atoms with Gasteiger partial charge in [-0.2, -0.15) is 0 Å². The van der Waals surface area contributed by atoms with E-state index in [9.17, 15) is 9.18 Å². The number of para-hydroxylation sites is 1. The van der Waals surface area contributed by atoms with Crippen molar-refractivity contribution in [1.82, 2.24) is 9.97 Å². The molecular weight excluding hydrogens is 305 g/mol. The van der Waals surface area contributed by atoms with Gasteiger partial charge < -0.3 is 5.32 Å². The Morgan fingerprint density at radius 3 is 2.54 bits per heavy atom. The van der Waals surface area contributed by atoms with Gasteiger partial charge in [0, 0.05) is 23.6 Å². The second-order valence-electron chi connectivity index (χ2n) is 5.27. The molecular formula is C19H16FN3O. The van der Waals surface area contributed by atoms with Crippen LogP contribution < -0.4 is 5.32 Å². The number of rotatable bonds is 4. The van der Waals surface area contributed by atoms with E-state index in [0.717, 1.165) is 17.7 Å². The summed E-state index contributed by atoms with van der Waals surface area (Å²) in [6, 6.07) is 13.7. The van der Waals surface area contributed by atoms with Crippen LogP contribution in [0, 0.1) is 5.82 Å². The van der Waals surface area contributed by atoms with Gasteiger partial charge in [-0.25, -0.2) is 14.4 Å². The first-order valence-electron chi connectivity index (χ1n) is 7.64. The van der Waals surface area contributed by atoms with Crippen molar-refractivity contribution in [3.8, 4) is 11.4 Å². The van der Waals surface area contributed by atoms with Crippen LogP contribution in [0.1, 0.15) is 22.8 Å². The van der Waals surface area contributed by atoms with Crippen LogP contribution >= 0.6 is 0 Å². The Morgan fingerprint density at radius 1 is 1.08 bits per heavy atom. The average Bonchev–Trinajstić information content (AvgIpc) is 2.62. The summed E-state index contributed by atoms with van der Waals surface area (Å²) in [6.45, 7) is 2.03. The molecule has 3 rings (SSSR count). The highest BCUT2D eigenvalue weighted by molar-refractivity contribution is 6.04. The molecule has 0 radical (unpaired) electrons. The predicted octanol–water partition coefficient (Wildman–Crippen LogP) is 4.10. The van der Waals surface area contributed by atoms with Gasteiger partial charge in [-0.1, -0.05) is 37.3 Å². The smallest absolute Gasteiger partial charge is 0.258 e. The number of amides is 1. The first-order chi connectivity index (χ1) is 11.7. The van der Waals surface area contributed by atoms with Crippen LogP contribution in [0.3, 0.4) is 0 Å². The molecule has 0 aliphatic rings. The fourth-order valence-corrected chi connectivity index (χ4v) is 2.37. The van der Waals surface area contributed by atoms with Crippen molar-refractivity contribution in [3.05, 3.63) is 77.9 Å². The fourth-order valence-electron chi connectivity index (χ4n) is 2.37. The zero-order valence-electron chi connectivity index (χ0n) is 13.2. The van der Waals surface area contributed by atoms with Crippen LogP contribution in [0.25, 0.3) is 11.4 Å². The van der Waals surface area contributed by atoms with Crippen molar-refractivity contribution < 1.29 is 9.18 Å². The Balaban J connectivity index is 1.79. The number of benzene rings is 2. The summed E-state index contributed by atoms with van der Waals surface area (Å²) in [5, 5.41) is 2.87. The van der Waals surface area contributed by atoms with Crippen molar-refractivity contribution in [1.29, 1.82) is 0 Å². The van der Waals surface area contributed by atoms with Crippen LogP contribution in [0.4, 0.5) is 10.1 Å². The number of nitrogens with one attached hydrogen (secondary N) is 1. The van der Waals surface area contributed by atoms with Gasteiger partial charge in [0.25, 0.3) is 5.91 Å². The van der Waals surface area contributed by atoms with Crippen molar-refractivity contribution >= 4 is 11.6 Å². The summed E-state index contributed by atoms with van der Waals surface area (Å²) >= 11 is 0. The van der Waals surface area contributed by atoms with Crippen LogP contribution in [0.5, 0.6) is 0 Å². The van der Waals surface area contributed by atoms with E-state index in [2.05, 4.69) is 15.3 Å². The minimum Gasteiger partial charge on any atom is -0.322 e. The van der Waals surface area contributed by atoms with Crippen molar-refractivity contribution in [2.24, 2.45) is 0 Å². The van der Waals surface area contributed by atoms with E-state index in [1.165, 1.54) is 24.5 Å². The van der Waals surface area contributed by atoms with Gasteiger partial charge >= 0.3 is 0 Å². The van der Waals surface area contributed by atoms with E-state index in [0.29, 0.717) is 17.0 Å². The predicted molar refractivity (Wildman–Crippen MR) is 91.2 cm³/mol. The molecule has 1 amide bonds. The molecule has 0 bridgehead atoms. The third kappa shape index (κ3) is 3.46. The molecule has 120 valence electrons. The van der Waals surface area contributed by atoms with Gasteiger partial charge in [0.1, 0.15) is 5.82 Å². The standard InChI is InChI=1S/C19H16FN3O/c1-2-13-6-3-4-9-17(13)23-19(24)15-11-21-18(22-12-15)14-7-5-8-16(20)10-14/h3-12H,2H2,1H3,(H,23,24). The molecule has 3 aromatic rings. The Bertz CT molecular complexity index is 862. The molecule has 1 N–H and O–H groups in total. The molecule has 1 heterocycles. The number of carbonyl (C=O) groups is 1. The van der Waals surface area contributed by atoms with Crippen LogP contribution in [0.2, 0.25) is 0 Å². The van der Waals surface area contributed by atoms with Crippen LogP contribution in [-0.2, 0) is 6.42 Å². The molecule has 0 fully saturated rings. The lowest BCUT2D eigenvalue weighted by Gasteiger charge is -2.09. The van der Waals surface area contributed by atoms with Crippen LogP contribution in [-0.4, -0.2) is 15.9 Å². The number of hydrogen-bond acceptors (Lipinski definition) is 3. The fraction of sp³-hybridized carbons (Fsp3) is 0.105. The van der Waals surface area contributed by atoms with Gasteiger partial charge in [-0.05, 0) is 30.2 Å². The molecule has 5 heteroatoms. The average molecular weight is 321 g/mol. The summed E-state index contributed by atoms with van der Waals surface area (Å²) in [7, 11) is 0. The number of aryl methyl sites for hydroxylation is 1. The zero-order chi connectivity index (χ0) is 16.9. The highest BCUT2D eigenvalue weighted by Gasteiger charge is 2.10. The maximum Gasteiger partial charge on any atom is 0.258 e. The van der Waals surface area contributed by atoms with Gasteiger partial charge in [0.05, 0.1) is 5.56 Å². The SMILES string of the molecule is CCc1ccccc1NC(=O)c1cnc(-c2cccc(F)c2)nc1. The second-order valence-corrected chi connectivity index (χ2v) is 5.27. The molecule has 4 nitrogen and oxygen atoms in total. The highest BCUT2D eigenvalue weighted by Crippen LogP contribution is 2.18. The third-order valence-electron chi connectivity index (χ3n) is 3.64. The summed E-state index contributed by atoms with van der Waals surface area (Å²) in [5.74, 6) is -0.254. The molecule has 0 spiro atoms. The van der Waals surface area contributed by atoms with Gasteiger partial charge in [0.15, 0.2) is 5.82 Å². The Kier molecular flexibility index (Phi) is 4.61. The second kappa shape index (κ2) is 7.00. The van der Waals surface area contributed by atoms with Gasteiger partial charge in [0.2, 0.25) is 0 Å². The lowest BCUT2D eigenvalue weighted by molar-refractivity contribution is 0.102. The largest absolute Gasteiger partial charge is 0.322 e. The summed E-state index contributed by atoms with van der Waals surface area (Å²) < 4.78 is 13.3. The number of aromatic nitrogens is 2. The summed E-state index contributed by atoms with van der Waals surface area (Å²) in [5.41, 5.74) is 2.75. The Hall–Kier alpha value is -3.08. The van der Waals surface area contributed by atoms with Crippen molar-refractivity contribution in [2.75, 3.05) is 5.32 Å². The minimum absolute atomic E-state index is 0.276. The van der Waals surface area contributed by atoms with Gasteiger partial charge in [-0.15, -0.1) is 0 Å². The van der Waals surface area contributed by atoms with Crippen LogP contribution in [0.15, 0.2) is 60.9 Å². The number of anilines is 1. The van der Waals surface area contributed by atoms with E-state index >= 15 is 0 Å². The lowest BCUT2D eigenvalue weighted by atomic mass is 10.1. The number of carbonyl (C=O) groups excluding carboxylic acids is 1. The van der Waals surface area contributed by atoms with E-state index < -0.39 is 0 Å². The molecule has 0 unspecified atom stereocenters. The van der Waals surface area contributed by atoms with E-state index in [1.54, 1.807) is 12.1 Å². The molecule has 0 saturated carbocycles. The zero-order valence-corrected chi connectivity index (χ0v) is 13.2. The van der Waals surface area contributed by atoms with Gasteiger partial charge in [-0.3, -0.25) is 4.79 Å². The third-order valence-corrected chi connectivity index (χ3v) is 3.64. The molecule has 1 aromatic heterocycles. The summed E-state index contributed by atoms with van der Waals surface area (Å²) in [4.78, 5) is 20.6. The van der Waals surface area contributed by atoms with Crippen molar-refractivity contribution in [3.63, 3.8) is 0 Å². The van der Waals surface area contributed by atoms with E-state index in [4.69, 9.17) is 0 Å². The lowest BCUT2D eigenvalue weighted by Crippen LogP contribution is -2.14. The highest BCUT2D eigenvalue weighted by atomic mass is 19.1. The topological polar surface area (TPSA) is 54.9 Å². The normalized spacial score (nSPS) is 10.4. The Morgan fingerprint density at radius 2 is 1.83 bits per heavy atom. The minimum atomic E-state index is -0.353. The summed E-state index contributed by atoms with van der Waals surface area (Å²) in [6.07, 6.45) is 3.71. The van der Waals surface area contributed by atoms with E-state index in [1.807, 2.05) is 31.2 Å². The first kappa shape index (κ1) is 15.8. The van der Waals surface area contributed by atoms with E-state index in [-0.39, 0.29) is 11.7 Å². The monoisotopic (exact) mass is 321 g/mol. The number of hydrogen-bond donors (Lipinski definition) is 1. The molecule has 0 aliphatic heterocycles. The molecule has 0 aliphatic carbocycles. The maximum absolute atomic E-state index is 13.3. The Labute approximate surface area is 139 Å². The molecule has 0 atom stereocenters.